The van der Waals surface area contributed by atoms with Crippen molar-refractivity contribution in [2.75, 3.05) is 13.1 Å². The van der Waals surface area contributed by atoms with Crippen LogP contribution in [0.1, 0.15) is 13.8 Å². The van der Waals surface area contributed by atoms with Gasteiger partial charge in [0.15, 0.2) is 0 Å². The summed E-state index contributed by atoms with van der Waals surface area (Å²) < 4.78 is 0. The summed E-state index contributed by atoms with van der Waals surface area (Å²) in [5, 5.41) is 3.21. The first-order valence-electron chi connectivity index (χ1n) is 2.97. The number of likely N-dealkylation sites (N-methyl/N-ethyl adjacent to an activating group) is 1. The van der Waals surface area contributed by atoms with Crippen LogP contribution >= 0.6 is 0 Å². The van der Waals surface area contributed by atoms with Gasteiger partial charge in [-0.05, 0) is 20.2 Å². The van der Waals surface area contributed by atoms with Crippen molar-refractivity contribution in [1.29, 1.82) is 0 Å². The molecule has 0 bridgehead atoms. The molecule has 2 heteroatoms. The summed E-state index contributed by atoms with van der Waals surface area (Å²) in [6.45, 7) is 9.40. The van der Waals surface area contributed by atoms with Crippen molar-refractivity contribution in [3.8, 4) is 0 Å². The molecule has 0 amide bonds. The molecular weight excluding hydrogens is 100 g/mol. The Kier molecular flexibility index (Phi) is 4.56. The molecule has 0 aromatic rings. The van der Waals surface area contributed by atoms with E-state index in [9.17, 15) is 0 Å². The van der Waals surface area contributed by atoms with Crippen LogP contribution in [-0.2, 0) is 0 Å². The molecule has 1 atom stereocenters. The van der Waals surface area contributed by atoms with E-state index in [1.54, 1.807) is 0 Å². The predicted octanol–water partition coefficient (Wildman–Crippen LogP) is 0.685. The SMILES string of the molecule is C=NCC(C)NCC. The summed E-state index contributed by atoms with van der Waals surface area (Å²) in [4.78, 5) is 3.74. The van der Waals surface area contributed by atoms with Crippen LogP contribution in [0.4, 0.5) is 0 Å². The van der Waals surface area contributed by atoms with Gasteiger partial charge in [-0.1, -0.05) is 6.92 Å². The Bertz CT molecular complexity index is 61.5. The first kappa shape index (κ1) is 7.63. The van der Waals surface area contributed by atoms with Gasteiger partial charge in [0.05, 0.1) is 6.54 Å². The van der Waals surface area contributed by atoms with Gasteiger partial charge in [-0.15, -0.1) is 0 Å². The average molecular weight is 114 g/mol. The summed E-state index contributed by atoms with van der Waals surface area (Å²) in [7, 11) is 0. The quantitative estimate of drug-likeness (QED) is 0.534. The molecule has 0 aromatic carbocycles. The Morgan fingerprint density at radius 3 is 2.75 bits per heavy atom. The van der Waals surface area contributed by atoms with Crippen molar-refractivity contribution >= 4 is 6.72 Å². The molecule has 0 rings (SSSR count). The minimum Gasteiger partial charge on any atom is -0.313 e. The second-order valence-corrected chi connectivity index (χ2v) is 1.86. The molecule has 0 heterocycles. The Hall–Kier alpha value is -0.370. The van der Waals surface area contributed by atoms with E-state index in [4.69, 9.17) is 0 Å². The highest BCUT2D eigenvalue weighted by Crippen LogP contribution is 1.78. The maximum absolute atomic E-state index is 3.74. The highest BCUT2D eigenvalue weighted by atomic mass is 14.9. The fourth-order valence-corrected chi connectivity index (χ4v) is 0.607. The van der Waals surface area contributed by atoms with E-state index in [1.807, 2.05) is 0 Å². The lowest BCUT2D eigenvalue weighted by molar-refractivity contribution is 0.579. The van der Waals surface area contributed by atoms with Gasteiger partial charge >= 0.3 is 0 Å². The van der Waals surface area contributed by atoms with Gasteiger partial charge < -0.3 is 5.32 Å². The molecular formula is C6H14N2. The molecule has 0 saturated carbocycles. The smallest absolute Gasteiger partial charge is 0.0533 e. The molecule has 8 heavy (non-hydrogen) atoms. The van der Waals surface area contributed by atoms with Crippen molar-refractivity contribution in [1.82, 2.24) is 5.32 Å². The third kappa shape index (κ3) is 3.81. The Morgan fingerprint density at radius 2 is 2.38 bits per heavy atom. The molecule has 0 aliphatic carbocycles. The van der Waals surface area contributed by atoms with Crippen LogP contribution in [0.5, 0.6) is 0 Å². The zero-order valence-electron chi connectivity index (χ0n) is 5.65. The van der Waals surface area contributed by atoms with E-state index < -0.39 is 0 Å². The molecule has 0 radical (unpaired) electrons. The molecule has 0 spiro atoms. The largest absolute Gasteiger partial charge is 0.313 e. The van der Waals surface area contributed by atoms with Crippen LogP contribution in [0, 0.1) is 0 Å². The fourth-order valence-electron chi connectivity index (χ4n) is 0.607. The number of nitrogens with zero attached hydrogens (tertiary/aromatic N) is 1. The Morgan fingerprint density at radius 1 is 1.75 bits per heavy atom. The third-order valence-electron chi connectivity index (χ3n) is 0.956. The van der Waals surface area contributed by atoms with Gasteiger partial charge in [0.2, 0.25) is 0 Å². The molecule has 0 saturated heterocycles. The molecule has 48 valence electrons. The number of hydrogen-bond donors (Lipinski definition) is 1. The van der Waals surface area contributed by atoms with Crippen molar-refractivity contribution in [3.05, 3.63) is 0 Å². The van der Waals surface area contributed by atoms with E-state index in [0.29, 0.717) is 6.04 Å². The molecule has 1 unspecified atom stereocenters. The van der Waals surface area contributed by atoms with E-state index in [1.165, 1.54) is 0 Å². The first-order chi connectivity index (χ1) is 3.81. The lowest BCUT2D eigenvalue weighted by Gasteiger charge is -2.06. The van der Waals surface area contributed by atoms with E-state index in [0.717, 1.165) is 13.1 Å². The lowest BCUT2D eigenvalue weighted by atomic mass is 10.3. The number of hydrogen-bond acceptors (Lipinski definition) is 2. The van der Waals surface area contributed by atoms with Crippen LogP contribution < -0.4 is 5.32 Å². The van der Waals surface area contributed by atoms with Crippen molar-refractivity contribution < 1.29 is 0 Å². The molecule has 1 N–H and O–H groups in total. The first-order valence-corrected chi connectivity index (χ1v) is 2.97. The maximum Gasteiger partial charge on any atom is 0.0533 e. The average Bonchev–Trinajstić information content (AvgIpc) is 1.68. The van der Waals surface area contributed by atoms with Gasteiger partial charge in [0.25, 0.3) is 0 Å². The molecule has 0 aromatic heterocycles. The van der Waals surface area contributed by atoms with E-state index in [-0.39, 0.29) is 0 Å². The summed E-state index contributed by atoms with van der Waals surface area (Å²) in [6.07, 6.45) is 0. The summed E-state index contributed by atoms with van der Waals surface area (Å²) in [6, 6.07) is 0.484. The zero-order valence-corrected chi connectivity index (χ0v) is 5.65. The maximum atomic E-state index is 3.74. The molecule has 0 aliphatic rings. The van der Waals surface area contributed by atoms with Crippen LogP contribution in [0.25, 0.3) is 0 Å². The van der Waals surface area contributed by atoms with E-state index >= 15 is 0 Å². The van der Waals surface area contributed by atoms with Crippen LogP contribution in [-0.4, -0.2) is 25.8 Å². The second-order valence-electron chi connectivity index (χ2n) is 1.86. The predicted molar refractivity (Wildman–Crippen MR) is 37.6 cm³/mol. The summed E-state index contributed by atoms with van der Waals surface area (Å²) in [5.41, 5.74) is 0. The second kappa shape index (κ2) is 4.78. The number of aliphatic imine (C=N–C) groups is 1. The zero-order chi connectivity index (χ0) is 6.41. The van der Waals surface area contributed by atoms with Gasteiger partial charge in [-0.25, -0.2) is 0 Å². The highest BCUT2D eigenvalue weighted by molar-refractivity contribution is 5.23. The Labute approximate surface area is 51.0 Å². The molecule has 0 aliphatic heterocycles. The minimum atomic E-state index is 0.484. The third-order valence-corrected chi connectivity index (χ3v) is 0.956. The molecule has 0 fully saturated rings. The normalized spacial score (nSPS) is 13.2. The van der Waals surface area contributed by atoms with Crippen LogP contribution in [0.2, 0.25) is 0 Å². The molecule has 2 nitrogen and oxygen atoms in total. The van der Waals surface area contributed by atoms with Crippen LogP contribution in [0.3, 0.4) is 0 Å². The lowest BCUT2D eigenvalue weighted by Crippen LogP contribution is -2.27. The minimum absolute atomic E-state index is 0.484. The highest BCUT2D eigenvalue weighted by Gasteiger charge is 1.92. The van der Waals surface area contributed by atoms with Gasteiger partial charge in [0.1, 0.15) is 0 Å². The standard InChI is InChI=1S/C6H14N2/c1-4-8-6(2)5-7-3/h6,8H,3-5H2,1-2H3. The van der Waals surface area contributed by atoms with Crippen molar-refractivity contribution in [2.45, 2.75) is 19.9 Å². The van der Waals surface area contributed by atoms with Crippen LogP contribution in [0.15, 0.2) is 4.99 Å². The van der Waals surface area contributed by atoms with Crippen molar-refractivity contribution in [2.24, 2.45) is 4.99 Å². The monoisotopic (exact) mass is 114 g/mol. The van der Waals surface area contributed by atoms with Gasteiger partial charge in [-0.3, -0.25) is 4.99 Å². The topological polar surface area (TPSA) is 24.4 Å². The fraction of sp³-hybridized carbons (Fsp3) is 0.833. The number of nitrogens with one attached hydrogen (secondary N) is 1. The van der Waals surface area contributed by atoms with Gasteiger partial charge in [-0.2, -0.15) is 0 Å². The number of rotatable bonds is 4. The van der Waals surface area contributed by atoms with Gasteiger partial charge in [0, 0.05) is 6.04 Å². The van der Waals surface area contributed by atoms with E-state index in [2.05, 4.69) is 30.9 Å². The Balaban J connectivity index is 3.03. The summed E-state index contributed by atoms with van der Waals surface area (Å²) >= 11 is 0. The summed E-state index contributed by atoms with van der Waals surface area (Å²) in [5.74, 6) is 0. The van der Waals surface area contributed by atoms with Crippen molar-refractivity contribution in [3.63, 3.8) is 0 Å².